The smallest absolute Gasteiger partial charge is 0.467 e. The van der Waals surface area contributed by atoms with Crippen molar-refractivity contribution in [1.82, 2.24) is 0 Å². The van der Waals surface area contributed by atoms with E-state index < -0.39 is 18.3 Å². The van der Waals surface area contributed by atoms with E-state index in [1.54, 1.807) is 6.07 Å². The van der Waals surface area contributed by atoms with Crippen LogP contribution >= 0.6 is 12.4 Å². The highest BCUT2D eigenvalue weighted by Crippen LogP contribution is 2.30. The van der Waals surface area contributed by atoms with Gasteiger partial charge in [-0.3, -0.25) is 4.90 Å². The summed E-state index contributed by atoms with van der Waals surface area (Å²) >= 11 is 0. The SMILES string of the molecule is COC(=O)[C@H](C)N(c1ccccc1)C(F)(F)F.Cl. The van der Waals surface area contributed by atoms with Crippen LogP contribution in [0.15, 0.2) is 30.3 Å². The van der Waals surface area contributed by atoms with Crippen LogP contribution in [0.1, 0.15) is 6.92 Å². The molecule has 0 saturated carbocycles. The summed E-state index contributed by atoms with van der Waals surface area (Å²) in [6.45, 7) is 1.15. The van der Waals surface area contributed by atoms with E-state index in [-0.39, 0.29) is 23.0 Å². The van der Waals surface area contributed by atoms with Gasteiger partial charge in [-0.25, -0.2) is 4.79 Å². The molecule has 0 spiro atoms. The fourth-order valence-electron chi connectivity index (χ4n) is 1.45. The first-order chi connectivity index (χ1) is 7.88. The summed E-state index contributed by atoms with van der Waals surface area (Å²) in [4.78, 5) is 11.3. The molecular weight excluding hydrogens is 271 g/mol. The van der Waals surface area contributed by atoms with Crippen molar-refractivity contribution >= 4 is 24.1 Å². The van der Waals surface area contributed by atoms with Gasteiger partial charge < -0.3 is 4.74 Å². The normalized spacial score (nSPS) is 12.3. The number of hydrogen-bond donors (Lipinski definition) is 0. The fourth-order valence-corrected chi connectivity index (χ4v) is 1.45. The lowest BCUT2D eigenvalue weighted by molar-refractivity contribution is -0.155. The molecule has 1 aromatic rings. The minimum atomic E-state index is -4.64. The number of nitrogens with zero attached hydrogens (tertiary/aromatic N) is 1. The quantitative estimate of drug-likeness (QED) is 0.631. The molecule has 3 nitrogen and oxygen atoms in total. The van der Waals surface area contributed by atoms with E-state index in [1.807, 2.05) is 0 Å². The molecule has 0 bridgehead atoms. The Bertz CT molecular complexity index is 384. The lowest BCUT2D eigenvalue weighted by atomic mass is 10.2. The summed E-state index contributed by atoms with van der Waals surface area (Å²) in [5, 5.41) is 0. The second kappa shape index (κ2) is 6.49. The predicted octanol–water partition coefficient (Wildman–Crippen LogP) is 3.00. The number of carbonyl (C=O) groups excluding carboxylic acids is 1. The van der Waals surface area contributed by atoms with Crippen LogP contribution in [0.2, 0.25) is 0 Å². The van der Waals surface area contributed by atoms with Gasteiger partial charge in [-0.05, 0) is 19.1 Å². The lowest BCUT2D eigenvalue weighted by Gasteiger charge is -2.31. The molecule has 0 unspecified atom stereocenters. The Morgan fingerprint density at radius 3 is 2.17 bits per heavy atom. The minimum Gasteiger partial charge on any atom is -0.467 e. The number of anilines is 1. The van der Waals surface area contributed by atoms with Gasteiger partial charge in [0.1, 0.15) is 6.04 Å². The molecule has 0 aliphatic rings. The van der Waals surface area contributed by atoms with Crippen molar-refractivity contribution in [2.45, 2.75) is 19.3 Å². The van der Waals surface area contributed by atoms with Crippen LogP contribution in [0.4, 0.5) is 18.9 Å². The van der Waals surface area contributed by atoms with Crippen molar-refractivity contribution in [3.8, 4) is 0 Å². The summed E-state index contributed by atoms with van der Waals surface area (Å²) < 4.78 is 42.9. The van der Waals surface area contributed by atoms with Gasteiger partial charge in [0.2, 0.25) is 0 Å². The van der Waals surface area contributed by atoms with Gasteiger partial charge in [0, 0.05) is 5.69 Å². The number of methoxy groups -OCH3 is 1. The van der Waals surface area contributed by atoms with Gasteiger partial charge in [-0.15, -0.1) is 12.4 Å². The van der Waals surface area contributed by atoms with Gasteiger partial charge in [0.15, 0.2) is 0 Å². The molecule has 0 radical (unpaired) electrons. The average molecular weight is 284 g/mol. The van der Waals surface area contributed by atoms with E-state index in [4.69, 9.17) is 0 Å². The van der Waals surface area contributed by atoms with E-state index in [0.29, 0.717) is 0 Å². The maximum Gasteiger partial charge on any atom is 0.485 e. The Hall–Kier alpha value is -1.43. The topological polar surface area (TPSA) is 29.5 Å². The molecule has 0 heterocycles. The van der Waals surface area contributed by atoms with E-state index in [0.717, 1.165) is 14.0 Å². The number of esters is 1. The van der Waals surface area contributed by atoms with Gasteiger partial charge in [-0.2, -0.15) is 13.2 Å². The Balaban J connectivity index is 0.00000289. The third kappa shape index (κ3) is 3.80. The first-order valence-electron chi connectivity index (χ1n) is 4.87. The molecule has 0 aliphatic carbocycles. The highest BCUT2D eigenvalue weighted by Gasteiger charge is 2.43. The fraction of sp³-hybridized carbons (Fsp3) is 0.364. The second-order valence-electron chi connectivity index (χ2n) is 3.37. The van der Waals surface area contributed by atoms with Crippen molar-refractivity contribution < 1.29 is 22.7 Å². The van der Waals surface area contributed by atoms with Crippen molar-refractivity contribution in [2.24, 2.45) is 0 Å². The van der Waals surface area contributed by atoms with Crippen LogP contribution in [0, 0.1) is 0 Å². The van der Waals surface area contributed by atoms with Crippen LogP contribution in [0.5, 0.6) is 0 Å². The zero-order valence-corrected chi connectivity index (χ0v) is 10.6. The van der Waals surface area contributed by atoms with Crippen molar-refractivity contribution in [2.75, 3.05) is 12.0 Å². The highest BCUT2D eigenvalue weighted by atomic mass is 35.5. The molecule has 0 aromatic heterocycles. The zero-order valence-electron chi connectivity index (χ0n) is 9.77. The molecule has 0 fully saturated rings. The number of rotatable bonds is 3. The maximum absolute atomic E-state index is 12.9. The van der Waals surface area contributed by atoms with E-state index in [2.05, 4.69) is 4.74 Å². The molecule has 102 valence electrons. The summed E-state index contributed by atoms with van der Waals surface area (Å²) in [5.41, 5.74) is -0.0992. The molecule has 18 heavy (non-hydrogen) atoms. The first-order valence-corrected chi connectivity index (χ1v) is 4.87. The van der Waals surface area contributed by atoms with Gasteiger partial charge >= 0.3 is 12.3 Å². The standard InChI is InChI=1S/C11H12F3NO2.ClH/c1-8(10(16)17-2)15(11(12,13)14)9-6-4-3-5-7-9;/h3-8H,1-2H3;1H/t8-;/m0./s1. The van der Waals surface area contributed by atoms with Crippen molar-refractivity contribution in [1.29, 1.82) is 0 Å². The molecule has 1 aromatic carbocycles. The van der Waals surface area contributed by atoms with E-state index >= 15 is 0 Å². The molecule has 1 rings (SSSR count). The number of alkyl halides is 3. The molecule has 0 aliphatic heterocycles. The third-order valence-electron chi connectivity index (χ3n) is 2.24. The lowest BCUT2D eigenvalue weighted by Crippen LogP contribution is -2.48. The molecular formula is C11H13ClF3NO2. The van der Waals surface area contributed by atoms with Crippen LogP contribution in [-0.2, 0) is 9.53 Å². The molecule has 0 N–H and O–H groups in total. The predicted molar refractivity (Wildman–Crippen MR) is 63.7 cm³/mol. The summed E-state index contributed by atoms with van der Waals surface area (Å²) in [6, 6.07) is 5.68. The van der Waals surface area contributed by atoms with Crippen LogP contribution in [-0.4, -0.2) is 25.4 Å². The highest BCUT2D eigenvalue weighted by molar-refractivity contribution is 5.85. The molecule has 0 amide bonds. The molecule has 7 heteroatoms. The molecule has 1 atom stereocenters. The monoisotopic (exact) mass is 283 g/mol. The third-order valence-corrected chi connectivity index (χ3v) is 2.24. The largest absolute Gasteiger partial charge is 0.485 e. The van der Waals surface area contributed by atoms with Crippen LogP contribution in [0.25, 0.3) is 0 Å². The number of carbonyl (C=O) groups is 1. The van der Waals surface area contributed by atoms with Crippen LogP contribution in [0.3, 0.4) is 0 Å². The maximum atomic E-state index is 12.9. The number of para-hydroxylation sites is 1. The number of halogens is 4. The average Bonchev–Trinajstić information content (AvgIpc) is 2.27. The summed E-state index contributed by atoms with van der Waals surface area (Å²) in [7, 11) is 1.05. The van der Waals surface area contributed by atoms with Gasteiger partial charge in [0.25, 0.3) is 0 Å². The van der Waals surface area contributed by atoms with Crippen molar-refractivity contribution in [3.05, 3.63) is 30.3 Å². The Morgan fingerprint density at radius 1 is 1.28 bits per heavy atom. The Kier molecular flexibility index (Phi) is 5.97. The van der Waals surface area contributed by atoms with Crippen molar-refractivity contribution in [3.63, 3.8) is 0 Å². The van der Waals surface area contributed by atoms with Gasteiger partial charge in [-0.1, -0.05) is 18.2 Å². The Labute approximate surface area is 109 Å². The number of ether oxygens (including phenoxy) is 1. The van der Waals surface area contributed by atoms with E-state index in [1.165, 1.54) is 24.3 Å². The van der Waals surface area contributed by atoms with Crippen LogP contribution < -0.4 is 4.90 Å². The first kappa shape index (κ1) is 16.6. The number of hydrogen-bond acceptors (Lipinski definition) is 3. The second-order valence-corrected chi connectivity index (χ2v) is 3.37. The molecule has 0 saturated heterocycles. The summed E-state index contributed by atoms with van der Waals surface area (Å²) in [5.74, 6) is -0.939. The summed E-state index contributed by atoms with van der Waals surface area (Å²) in [6.07, 6.45) is -4.64. The Morgan fingerprint density at radius 2 is 1.78 bits per heavy atom. The number of benzene rings is 1. The van der Waals surface area contributed by atoms with Gasteiger partial charge in [0.05, 0.1) is 7.11 Å². The zero-order chi connectivity index (χ0) is 13.1. The van der Waals surface area contributed by atoms with E-state index in [9.17, 15) is 18.0 Å². The minimum absolute atomic E-state index is 0.